The zero-order valence-corrected chi connectivity index (χ0v) is 21.7. The number of halogens is 1. The zero-order valence-electron chi connectivity index (χ0n) is 21.7. The highest BCUT2D eigenvalue weighted by Crippen LogP contribution is 2.26. The molecule has 5 heteroatoms. The molecule has 0 radical (unpaired) electrons. The summed E-state index contributed by atoms with van der Waals surface area (Å²) in [6.07, 6.45) is 5.91. The fourth-order valence-corrected chi connectivity index (χ4v) is 4.43. The van der Waals surface area contributed by atoms with Crippen LogP contribution < -0.4 is 4.74 Å². The lowest BCUT2D eigenvalue weighted by Gasteiger charge is -2.08. The summed E-state index contributed by atoms with van der Waals surface area (Å²) < 4.78 is 20.1. The highest BCUT2D eigenvalue weighted by molar-refractivity contribution is 5.73. The van der Waals surface area contributed by atoms with Crippen LogP contribution in [-0.2, 0) is 11.2 Å². The summed E-state index contributed by atoms with van der Waals surface area (Å²) in [5.74, 6) is 0.0431. The number of rotatable bonds is 11. The van der Waals surface area contributed by atoms with Crippen molar-refractivity contribution in [2.75, 3.05) is 0 Å². The zero-order chi connectivity index (χ0) is 27.5. The predicted octanol–water partition coefficient (Wildman–Crippen LogP) is 9.07. The molecular weight excluding hydrogens is 487 g/mol. The maximum atomic E-state index is 14.6. The monoisotopic (exact) mass is 516 g/mol. The van der Waals surface area contributed by atoms with Gasteiger partial charge in [0, 0.05) is 12.0 Å². The first-order valence-electron chi connectivity index (χ1n) is 13.1. The Balaban J connectivity index is 1.12. The Morgan fingerprint density at radius 2 is 1.41 bits per heavy atom. The largest absolute Gasteiger partial charge is 0.427 e. The molecule has 4 rings (SSSR count). The van der Waals surface area contributed by atoms with Crippen molar-refractivity contribution in [1.29, 1.82) is 5.26 Å². The van der Waals surface area contributed by atoms with E-state index in [0.717, 1.165) is 60.8 Å². The van der Waals surface area contributed by atoms with Gasteiger partial charge in [0.2, 0.25) is 0 Å². The Morgan fingerprint density at radius 1 is 0.795 bits per heavy atom. The number of hydrogen-bond donors (Lipinski definition) is 0. The van der Waals surface area contributed by atoms with Crippen LogP contribution in [0.4, 0.5) is 10.1 Å². The number of carbonyl (C=O) groups is 1. The molecule has 0 amide bonds. The van der Waals surface area contributed by atoms with Crippen LogP contribution in [0, 0.1) is 23.7 Å². The Kier molecular flexibility index (Phi) is 9.59. The number of nitrogens with zero attached hydrogens (tertiary/aromatic N) is 2. The molecule has 0 spiro atoms. The molecule has 0 N–H and O–H groups in total. The van der Waals surface area contributed by atoms with Gasteiger partial charge in [-0.1, -0.05) is 79.9 Å². The van der Waals surface area contributed by atoms with Crippen molar-refractivity contribution in [2.24, 2.45) is 0 Å². The summed E-state index contributed by atoms with van der Waals surface area (Å²) in [5, 5.41) is 8.92. The van der Waals surface area contributed by atoms with E-state index in [1.807, 2.05) is 30.3 Å². The van der Waals surface area contributed by atoms with Gasteiger partial charge in [-0.2, -0.15) is 5.26 Å². The van der Waals surface area contributed by atoms with Crippen LogP contribution >= 0.6 is 0 Å². The second kappa shape index (κ2) is 13.7. The highest BCUT2D eigenvalue weighted by Gasteiger charge is 2.08. The third-order valence-electron chi connectivity index (χ3n) is 6.62. The number of hydrogen-bond acceptors (Lipinski definition) is 3. The van der Waals surface area contributed by atoms with Crippen LogP contribution in [0.15, 0.2) is 91.0 Å². The molecule has 4 aromatic carbocycles. The molecule has 0 aliphatic rings. The summed E-state index contributed by atoms with van der Waals surface area (Å²) >= 11 is 0. The first-order chi connectivity index (χ1) is 19.1. The molecule has 0 atom stereocenters. The topological polar surface area (TPSA) is 54.5 Å². The predicted molar refractivity (Wildman–Crippen MR) is 152 cm³/mol. The van der Waals surface area contributed by atoms with E-state index >= 15 is 0 Å². The highest BCUT2D eigenvalue weighted by atomic mass is 19.1. The molecule has 0 fully saturated rings. The van der Waals surface area contributed by atoms with E-state index in [1.165, 1.54) is 0 Å². The summed E-state index contributed by atoms with van der Waals surface area (Å²) in [7, 11) is 0. The van der Waals surface area contributed by atoms with E-state index in [1.54, 1.807) is 60.7 Å². The molecule has 4 nitrogen and oxygen atoms in total. The van der Waals surface area contributed by atoms with Crippen molar-refractivity contribution in [2.45, 2.75) is 44.9 Å². The van der Waals surface area contributed by atoms with Gasteiger partial charge in [-0.3, -0.25) is 4.79 Å². The molecule has 0 aliphatic heterocycles. The van der Waals surface area contributed by atoms with E-state index in [0.29, 0.717) is 29.0 Å². The third-order valence-corrected chi connectivity index (χ3v) is 6.62. The molecule has 194 valence electrons. The van der Waals surface area contributed by atoms with E-state index in [9.17, 15) is 9.18 Å². The normalized spacial score (nSPS) is 10.4. The number of carbonyl (C=O) groups excluding carboxylic acids is 1. The molecule has 0 saturated carbocycles. The van der Waals surface area contributed by atoms with Crippen molar-refractivity contribution in [3.05, 3.63) is 119 Å². The first-order valence-corrected chi connectivity index (χ1v) is 13.1. The van der Waals surface area contributed by atoms with Crippen LogP contribution in [0.5, 0.6) is 5.75 Å². The molecule has 0 bridgehead atoms. The average molecular weight is 517 g/mol. The van der Waals surface area contributed by atoms with Gasteiger partial charge in [0.05, 0.1) is 18.2 Å². The van der Waals surface area contributed by atoms with Gasteiger partial charge >= 0.3 is 5.97 Å². The Morgan fingerprint density at radius 3 is 2.05 bits per heavy atom. The van der Waals surface area contributed by atoms with Crippen LogP contribution in [0.3, 0.4) is 0 Å². The van der Waals surface area contributed by atoms with E-state index < -0.39 is 0 Å². The standard InChI is InChI=1S/C34H29FN2O2/c1-37-30-18-14-27(15-19-30)28-16-20-31(21-17-28)39-34(38)8-6-4-2-3-5-7-25-11-22-32(33(35)23-25)29-12-9-26(24-36)10-13-29/h9-23H,2-8H2. The lowest BCUT2D eigenvalue weighted by Crippen LogP contribution is -2.07. The van der Waals surface area contributed by atoms with Gasteiger partial charge in [-0.25, -0.2) is 9.24 Å². The summed E-state index contributed by atoms with van der Waals surface area (Å²) in [6.45, 7) is 7.04. The number of aryl methyl sites for hydroxylation is 1. The maximum absolute atomic E-state index is 14.6. The molecule has 0 heterocycles. The Labute approximate surface area is 229 Å². The van der Waals surface area contributed by atoms with Gasteiger partial charge < -0.3 is 4.74 Å². The smallest absolute Gasteiger partial charge is 0.311 e. The van der Waals surface area contributed by atoms with Gasteiger partial charge in [0.1, 0.15) is 11.6 Å². The lowest BCUT2D eigenvalue weighted by atomic mass is 9.99. The van der Waals surface area contributed by atoms with Gasteiger partial charge in [-0.15, -0.1) is 0 Å². The van der Waals surface area contributed by atoms with E-state index in [4.69, 9.17) is 16.6 Å². The average Bonchev–Trinajstić information content (AvgIpc) is 2.97. The lowest BCUT2D eigenvalue weighted by molar-refractivity contribution is -0.134. The van der Waals surface area contributed by atoms with Crippen molar-refractivity contribution in [3.63, 3.8) is 0 Å². The quantitative estimate of drug-likeness (QED) is 0.0865. The number of benzene rings is 4. The summed E-state index contributed by atoms with van der Waals surface area (Å²) in [5.41, 5.74) is 5.43. The van der Waals surface area contributed by atoms with Gasteiger partial charge in [-0.05, 0) is 71.8 Å². The second-order valence-electron chi connectivity index (χ2n) is 9.43. The summed E-state index contributed by atoms with van der Waals surface area (Å²) in [6, 6.07) is 29.1. The fraction of sp³-hybridized carbons (Fsp3) is 0.206. The van der Waals surface area contributed by atoms with Crippen LogP contribution in [-0.4, -0.2) is 5.97 Å². The van der Waals surface area contributed by atoms with Gasteiger partial charge in [0.15, 0.2) is 5.69 Å². The summed E-state index contributed by atoms with van der Waals surface area (Å²) in [4.78, 5) is 15.6. The van der Waals surface area contributed by atoms with Crippen LogP contribution in [0.1, 0.15) is 49.7 Å². The second-order valence-corrected chi connectivity index (χ2v) is 9.43. The van der Waals surface area contributed by atoms with Crippen molar-refractivity contribution >= 4 is 11.7 Å². The molecule has 0 unspecified atom stereocenters. The first kappa shape index (κ1) is 27.3. The third kappa shape index (κ3) is 7.87. The minimum atomic E-state index is -0.249. The SMILES string of the molecule is [C-]#[N+]c1ccc(-c2ccc(OC(=O)CCCCCCCc3ccc(-c4ccc(C#N)cc4)c(F)c3)cc2)cc1. The molecule has 39 heavy (non-hydrogen) atoms. The number of esters is 1. The van der Waals surface area contributed by atoms with Gasteiger partial charge in [0.25, 0.3) is 0 Å². The molecule has 0 aliphatic carbocycles. The van der Waals surface area contributed by atoms with Crippen LogP contribution in [0.2, 0.25) is 0 Å². The minimum absolute atomic E-state index is 0.234. The minimum Gasteiger partial charge on any atom is -0.427 e. The van der Waals surface area contributed by atoms with E-state index in [2.05, 4.69) is 10.9 Å². The number of nitriles is 1. The van der Waals surface area contributed by atoms with Crippen molar-refractivity contribution in [1.82, 2.24) is 0 Å². The fourth-order valence-electron chi connectivity index (χ4n) is 4.43. The number of unbranched alkanes of at least 4 members (excludes halogenated alkanes) is 4. The number of ether oxygens (including phenoxy) is 1. The molecular formula is C34H29FN2O2. The van der Waals surface area contributed by atoms with Crippen molar-refractivity contribution < 1.29 is 13.9 Å². The molecule has 0 aromatic heterocycles. The van der Waals surface area contributed by atoms with Crippen LogP contribution in [0.25, 0.3) is 27.1 Å². The van der Waals surface area contributed by atoms with Crippen molar-refractivity contribution in [3.8, 4) is 34.1 Å². The Bertz CT molecular complexity index is 1480. The molecule has 0 saturated heterocycles. The molecule has 4 aromatic rings. The Hall–Kier alpha value is -4.74. The van der Waals surface area contributed by atoms with E-state index in [-0.39, 0.29) is 11.8 Å². The maximum Gasteiger partial charge on any atom is 0.311 e.